The molecule has 0 atom stereocenters. The van der Waals surface area contributed by atoms with Gasteiger partial charge in [0.25, 0.3) is 0 Å². The molecule has 0 spiro atoms. The highest BCUT2D eigenvalue weighted by Gasteiger charge is 2.00. The second kappa shape index (κ2) is 5.33. The summed E-state index contributed by atoms with van der Waals surface area (Å²) in [5.74, 6) is 0. The molecule has 1 N–H and O–H groups in total. The first-order valence-electron chi connectivity index (χ1n) is 4.75. The van der Waals surface area contributed by atoms with Crippen LogP contribution in [0.2, 0.25) is 4.47 Å². The quantitative estimate of drug-likeness (QED) is 0.820. The predicted octanol–water partition coefficient (Wildman–Crippen LogP) is 4.32. The summed E-state index contributed by atoms with van der Waals surface area (Å²) >= 11 is 9.60. The van der Waals surface area contributed by atoms with E-state index >= 15 is 0 Å². The van der Waals surface area contributed by atoms with E-state index in [1.807, 2.05) is 0 Å². The molecule has 1 aromatic carbocycles. The number of thiazole rings is 1. The number of nitrogens with zero attached hydrogens (tertiary/aromatic N) is 1. The van der Waals surface area contributed by atoms with Crippen LogP contribution >= 0.6 is 45.5 Å². The van der Waals surface area contributed by atoms with Crippen molar-refractivity contribution in [2.45, 2.75) is 13.5 Å². The van der Waals surface area contributed by atoms with Gasteiger partial charge in [-0.1, -0.05) is 11.6 Å². The lowest BCUT2D eigenvalue weighted by Crippen LogP contribution is -1.97. The topological polar surface area (TPSA) is 24.9 Å². The molecule has 0 amide bonds. The molecule has 16 heavy (non-hydrogen) atoms. The third-order valence-corrected chi connectivity index (χ3v) is 4.48. The fraction of sp³-hybridized carbons (Fsp3) is 0.182. The highest BCUT2D eigenvalue weighted by Crippen LogP contribution is 2.20. The standard InChI is InChI=1S/C11H10ClIN2S/c1-7-4-8(2-3-10(7)13)14-5-9-6-15-11(12)16-9/h2-4,6,14H,5H2,1H3. The molecule has 0 saturated heterocycles. The molecular weight excluding hydrogens is 355 g/mol. The number of aryl methyl sites for hydroxylation is 1. The summed E-state index contributed by atoms with van der Waals surface area (Å²) in [5.41, 5.74) is 2.41. The molecule has 1 heterocycles. The first kappa shape index (κ1) is 12.1. The normalized spacial score (nSPS) is 10.4. The Hall–Kier alpha value is -0.330. The summed E-state index contributed by atoms with van der Waals surface area (Å²) in [6.07, 6.45) is 1.81. The number of benzene rings is 1. The largest absolute Gasteiger partial charge is 0.380 e. The van der Waals surface area contributed by atoms with E-state index in [1.165, 1.54) is 20.5 Å². The smallest absolute Gasteiger partial charge is 0.183 e. The minimum atomic E-state index is 0.593. The second-order valence-electron chi connectivity index (χ2n) is 3.40. The molecule has 0 bridgehead atoms. The van der Waals surface area contributed by atoms with Crippen LogP contribution < -0.4 is 5.32 Å². The number of hydrogen-bond acceptors (Lipinski definition) is 3. The Morgan fingerprint density at radius 1 is 1.50 bits per heavy atom. The molecule has 0 fully saturated rings. The molecule has 0 radical (unpaired) electrons. The molecule has 84 valence electrons. The summed E-state index contributed by atoms with van der Waals surface area (Å²) in [6.45, 7) is 2.88. The van der Waals surface area contributed by atoms with Crippen LogP contribution in [0.15, 0.2) is 24.4 Å². The first-order valence-corrected chi connectivity index (χ1v) is 7.03. The highest BCUT2D eigenvalue weighted by molar-refractivity contribution is 14.1. The number of aromatic nitrogens is 1. The van der Waals surface area contributed by atoms with Gasteiger partial charge in [-0.15, -0.1) is 11.3 Å². The van der Waals surface area contributed by atoms with E-state index in [-0.39, 0.29) is 0 Å². The predicted molar refractivity (Wildman–Crippen MR) is 78.3 cm³/mol. The lowest BCUT2D eigenvalue weighted by molar-refractivity contribution is 1.17. The van der Waals surface area contributed by atoms with Crippen molar-refractivity contribution in [3.63, 3.8) is 0 Å². The summed E-state index contributed by atoms with van der Waals surface area (Å²) in [7, 11) is 0. The maximum atomic E-state index is 5.77. The van der Waals surface area contributed by atoms with Gasteiger partial charge in [-0.05, 0) is 53.3 Å². The van der Waals surface area contributed by atoms with Crippen molar-refractivity contribution < 1.29 is 0 Å². The number of nitrogens with one attached hydrogen (secondary N) is 1. The van der Waals surface area contributed by atoms with Gasteiger partial charge < -0.3 is 5.32 Å². The minimum Gasteiger partial charge on any atom is -0.380 e. The fourth-order valence-electron chi connectivity index (χ4n) is 1.31. The van der Waals surface area contributed by atoms with Crippen LogP contribution in [0.5, 0.6) is 0 Å². The maximum absolute atomic E-state index is 5.77. The molecule has 2 aromatic rings. The van der Waals surface area contributed by atoms with E-state index in [4.69, 9.17) is 11.6 Å². The summed E-state index contributed by atoms with van der Waals surface area (Å²) in [4.78, 5) is 5.14. The van der Waals surface area contributed by atoms with Crippen LogP contribution in [-0.2, 0) is 6.54 Å². The van der Waals surface area contributed by atoms with Crippen LogP contribution in [0.4, 0.5) is 5.69 Å². The van der Waals surface area contributed by atoms with E-state index in [0.29, 0.717) is 4.47 Å². The van der Waals surface area contributed by atoms with E-state index in [0.717, 1.165) is 17.1 Å². The zero-order valence-corrected chi connectivity index (χ0v) is 12.4. The number of hydrogen-bond donors (Lipinski definition) is 1. The molecule has 5 heteroatoms. The van der Waals surface area contributed by atoms with Crippen molar-refractivity contribution in [1.29, 1.82) is 0 Å². The Balaban J connectivity index is 2.02. The summed E-state index contributed by atoms with van der Waals surface area (Å²) in [5, 5.41) is 3.35. The van der Waals surface area contributed by atoms with Crippen LogP contribution in [0, 0.1) is 10.5 Å². The van der Waals surface area contributed by atoms with E-state index < -0.39 is 0 Å². The molecule has 0 aliphatic carbocycles. The van der Waals surface area contributed by atoms with Gasteiger partial charge in [0.2, 0.25) is 0 Å². The Labute approximate surface area is 117 Å². The van der Waals surface area contributed by atoms with E-state index in [9.17, 15) is 0 Å². The van der Waals surface area contributed by atoms with Crippen molar-refractivity contribution >= 4 is 51.2 Å². The zero-order valence-electron chi connectivity index (χ0n) is 8.63. The van der Waals surface area contributed by atoms with Crippen molar-refractivity contribution in [2.24, 2.45) is 0 Å². The van der Waals surface area contributed by atoms with Crippen LogP contribution in [0.3, 0.4) is 0 Å². The van der Waals surface area contributed by atoms with Gasteiger partial charge in [-0.3, -0.25) is 0 Å². The third kappa shape index (κ3) is 3.09. The molecule has 0 unspecified atom stereocenters. The van der Waals surface area contributed by atoms with Crippen molar-refractivity contribution in [1.82, 2.24) is 4.98 Å². The number of rotatable bonds is 3. The van der Waals surface area contributed by atoms with Crippen LogP contribution in [-0.4, -0.2) is 4.98 Å². The van der Waals surface area contributed by atoms with Gasteiger partial charge in [-0.2, -0.15) is 0 Å². The molecule has 0 saturated carbocycles. The molecule has 2 rings (SSSR count). The minimum absolute atomic E-state index is 0.593. The maximum Gasteiger partial charge on any atom is 0.183 e. The molecule has 0 aliphatic heterocycles. The summed E-state index contributed by atoms with van der Waals surface area (Å²) in [6, 6.07) is 6.33. The lowest BCUT2D eigenvalue weighted by atomic mass is 10.2. The van der Waals surface area contributed by atoms with Gasteiger partial charge in [0.05, 0.1) is 6.54 Å². The van der Waals surface area contributed by atoms with Crippen molar-refractivity contribution in [3.8, 4) is 0 Å². The molecule has 2 nitrogen and oxygen atoms in total. The Morgan fingerprint density at radius 3 is 2.94 bits per heavy atom. The highest BCUT2D eigenvalue weighted by atomic mass is 127. The molecular formula is C11H10ClIN2S. The SMILES string of the molecule is Cc1cc(NCc2cnc(Cl)s2)ccc1I. The van der Waals surface area contributed by atoms with Gasteiger partial charge in [0.15, 0.2) is 4.47 Å². The Kier molecular flexibility index (Phi) is 4.05. The van der Waals surface area contributed by atoms with Gasteiger partial charge in [0, 0.05) is 20.3 Å². The van der Waals surface area contributed by atoms with Gasteiger partial charge >= 0.3 is 0 Å². The van der Waals surface area contributed by atoms with Crippen molar-refractivity contribution in [3.05, 3.63) is 42.9 Å². The van der Waals surface area contributed by atoms with Crippen LogP contribution in [0.25, 0.3) is 0 Å². The van der Waals surface area contributed by atoms with Crippen LogP contribution in [0.1, 0.15) is 10.4 Å². The third-order valence-electron chi connectivity index (χ3n) is 2.15. The number of anilines is 1. The Bertz CT molecular complexity index is 498. The molecule has 1 aromatic heterocycles. The van der Waals surface area contributed by atoms with Crippen molar-refractivity contribution in [2.75, 3.05) is 5.32 Å². The first-order chi connectivity index (χ1) is 7.65. The average Bonchev–Trinajstić information content (AvgIpc) is 2.66. The average molecular weight is 365 g/mol. The molecule has 0 aliphatic rings. The second-order valence-corrected chi connectivity index (χ2v) is 6.26. The van der Waals surface area contributed by atoms with Gasteiger partial charge in [0.1, 0.15) is 0 Å². The monoisotopic (exact) mass is 364 g/mol. The van der Waals surface area contributed by atoms with E-state index in [1.54, 1.807) is 6.20 Å². The van der Waals surface area contributed by atoms with E-state index in [2.05, 4.69) is 58.0 Å². The fourth-order valence-corrected chi connectivity index (χ4v) is 2.56. The number of halogens is 2. The summed E-state index contributed by atoms with van der Waals surface area (Å²) < 4.78 is 1.87. The Morgan fingerprint density at radius 2 is 2.31 bits per heavy atom. The van der Waals surface area contributed by atoms with Gasteiger partial charge in [-0.25, -0.2) is 4.98 Å². The zero-order chi connectivity index (χ0) is 11.5. The lowest BCUT2D eigenvalue weighted by Gasteiger charge is -2.06.